The molecule has 0 spiro atoms. The number of nitrogens with two attached hydrogens (primary N) is 1. The summed E-state index contributed by atoms with van der Waals surface area (Å²) in [5.74, 6) is -0.274. The number of likely N-dealkylation sites (N-methyl/N-ethyl adjacent to an activating group) is 1. The molecule has 1 atom stereocenters. The highest BCUT2D eigenvalue weighted by molar-refractivity contribution is 6.14. The van der Waals surface area contributed by atoms with Gasteiger partial charge in [-0.3, -0.25) is 14.9 Å². The number of nitrogens with zero attached hydrogens (tertiary/aromatic N) is 6. The summed E-state index contributed by atoms with van der Waals surface area (Å²) in [7, 11) is 2.01. The van der Waals surface area contributed by atoms with Gasteiger partial charge < -0.3 is 24.5 Å². The maximum atomic E-state index is 13.5. The molecule has 1 saturated heterocycles. The molecule has 2 amide bonds. The predicted octanol–water partition coefficient (Wildman–Crippen LogP) is 4.36. The molecule has 11 nitrogen and oxygen atoms in total. The average molecular weight is 565 g/mol. The van der Waals surface area contributed by atoms with Gasteiger partial charge in [-0.2, -0.15) is 4.98 Å². The fourth-order valence-corrected chi connectivity index (χ4v) is 5.25. The number of likely N-dealkylation sites (tertiary alicyclic amines) is 1. The largest absolute Gasteiger partial charge is 0.423 e. The molecule has 214 valence electrons. The number of fused-ring (bicyclic) bond motifs is 2. The number of carbonyl (C=O) groups excluding carboxylic acids is 2. The average Bonchev–Trinajstić information content (AvgIpc) is 3.74. The first-order chi connectivity index (χ1) is 20.4. The van der Waals surface area contributed by atoms with E-state index in [2.05, 4.69) is 32.1 Å². The van der Waals surface area contributed by atoms with Crippen LogP contribution in [0.5, 0.6) is 0 Å². The van der Waals surface area contributed by atoms with Gasteiger partial charge in [0.25, 0.3) is 5.91 Å². The number of anilines is 2. The molecule has 1 aliphatic rings. The van der Waals surface area contributed by atoms with E-state index >= 15 is 0 Å². The first kappa shape index (κ1) is 27.2. The van der Waals surface area contributed by atoms with Crippen molar-refractivity contribution in [3.05, 3.63) is 78.8 Å². The van der Waals surface area contributed by atoms with Crippen LogP contribution in [-0.4, -0.2) is 74.4 Å². The fraction of sp³-hybridized carbons (Fsp3) is 0.258. The molecule has 3 aromatic heterocycles. The molecule has 11 heteroatoms. The summed E-state index contributed by atoms with van der Waals surface area (Å²) < 4.78 is 7.75. The van der Waals surface area contributed by atoms with Crippen molar-refractivity contribution in [1.29, 1.82) is 0 Å². The molecule has 5 aromatic rings. The number of nitrogen functional groups attached to an aromatic ring is 1. The quantitative estimate of drug-likeness (QED) is 0.266. The van der Waals surface area contributed by atoms with Crippen LogP contribution in [0.1, 0.15) is 29.7 Å². The molecule has 0 saturated carbocycles. The lowest BCUT2D eigenvalue weighted by molar-refractivity contribution is -0.125. The molecule has 4 heterocycles. The third-order valence-electron chi connectivity index (χ3n) is 7.68. The van der Waals surface area contributed by atoms with Crippen molar-refractivity contribution in [3.8, 4) is 11.1 Å². The summed E-state index contributed by atoms with van der Waals surface area (Å²) >= 11 is 0. The van der Waals surface area contributed by atoms with Crippen molar-refractivity contribution in [1.82, 2.24) is 29.3 Å². The smallest absolute Gasteiger partial charge is 0.302 e. The first-order valence-corrected chi connectivity index (χ1v) is 13.9. The van der Waals surface area contributed by atoms with Gasteiger partial charge in [-0.25, -0.2) is 9.97 Å². The highest BCUT2D eigenvalue weighted by atomic mass is 16.4. The summed E-state index contributed by atoms with van der Waals surface area (Å²) in [6, 6.07) is 15.7. The molecule has 0 aliphatic carbocycles. The number of hydrogen-bond donors (Lipinski definition) is 2. The Morgan fingerprint density at radius 1 is 1.17 bits per heavy atom. The molecule has 1 unspecified atom stereocenters. The predicted molar refractivity (Wildman–Crippen MR) is 162 cm³/mol. The van der Waals surface area contributed by atoms with Crippen LogP contribution in [0.4, 0.5) is 11.8 Å². The number of benzene rings is 2. The van der Waals surface area contributed by atoms with Gasteiger partial charge in [-0.15, -0.1) is 0 Å². The lowest BCUT2D eigenvalue weighted by Gasteiger charge is -2.16. The molecule has 1 aliphatic heterocycles. The molecule has 0 radical (unpaired) electrons. The van der Waals surface area contributed by atoms with Crippen LogP contribution in [0.25, 0.3) is 33.3 Å². The number of nitrogens with one attached hydrogen (secondary N) is 1. The molecular formula is C31H32N8O3. The van der Waals surface area contributed by atoms with E-state index in [0.29, 0.717) is 47.3 Å². The first-order valence-electron chi connectivity index (χ1n) is 13.9. The second-order valence-corrected chi connectivity index (χ2v) is 10.4. The van der Waals surface area contributed by atoms with Crippen molar-refractivity contribution in [2.24, 2.45) is 0 Å². The van der Waals surface area contributed by atoms with Crippen molar-refractivity contribution < 1.29 is 14.0 Å². The van der Waals surface area contributed by atoms with Crippen molar-refractivity contribution in [2.45, 2.75) is 19.4 Å². The van der Waals surface area contributed by atoms with Crippen LogP contribution in [-0.2, 0) is 4.79 Å². The Labute approximate surface area is 242 Å². The highest BCUT2D eigenvalue weighted by Crippen LogP contribution is 2.32. The number of carbonyl (C=O) groups is 2. The van der Waals surface area contributed by atoms with E-state index in [0.717, 1.165) is 24.1 Å². The number of aromatic nitrogens is 4. The Balaban J connectivity index is 1.23. The van der Waals surface area contributed by atoms with Gasteiger partial charge in [-0.05, 0) is 43.3 Å². The van der Waals surface area contributed by atoms with Gasteiger partial charge in [0.2, 0.25) is 5.91 Å². The minimum Gasteiger partial charge on any atom is -0.423 e. The van der Waals surface area contributed by atoms with Crippen LogP contribution in [0, 0.1) is 0 Å². The van der Waals surface area contributed by atoms with Gasteiger partial charge in [0, 0.05) is 31.9 Å². The minimum absolute atomic E-state index is 0.0306. The van der Waals surface area contributed by atoms with E-state index in [1.54, 1.807) is 12.3 Å². The van der Waals surface area contributed by atoms with Crippen molar-refractivity contribution in [2.75, 3.05) is 44.3 Å². The molecule has 0 bridgehead atoms. The molecule has 2 aromatic carbocycles. The van der Waals surface area contributed by atoms with Crippen LogP contribution >= 0.6 is 0 Å². The molecule has 6 rings (SSSR count). The lowest BCUT2D eigenvalue weighted by atomic mass is 10.1. The van der Waals surface area contributed by atoms with E-state index in [4.69, 9.17) is 10.2 Å². The van der Waals surface area contributed by atoms with Crippen LogP contribution in [0.15, 0.2) is 77.6 Å². The number of hydrogen-bond acceptors (Lipinski definition) is 8. The second kappa shape index (κ2) is 11.5. The van der Waals surface area contributed by atoms with E-state index in [1.165, 1.54) is 6.33 Å². The third-order valence-corrected chi connectivity index (χ3v) is 7.68. The van der Waals surface area contributed by atoms with Gasteiger partial charge >= 0.3 is 6.01 Å². The Morgan fingerprint density at radius 2 is 2.00 bits per heavy atom. The van der Waals surface area contributed by atoms with Crippen LogP contribution in [0.3, 0.4) is 0 Å². The van der Waals surface area contributed by atoms with Gasteiger partial charge in [0.1, 0.15) is 23.3 Å². The van der Waals surface area contributed by atoms with Crippen LogP contribution < -0.4 is 11.1 Å². The summed E-state index contributed by atoms with van der Waals surface area (Å²) in [6.45, 7) is 4.80. The van der Waals surface area contributed by atoms with Gasteiger partial charge in [0.15, 0.2) is 5.58 Å². The Hall–Kier alpha value is -5.03. The zero-order valence-electron chi connectivity index (χ0n) is 23.5. The maximum Gasteiger partial charge on any atom is 0.302 e. The molecule has 1 fully saturated rings. The lowest BCUT2D eigenvalue weighted by Crippen LogP contribution is -2.27. The summed E-state index contributed by atoms with van der Waals surface area (Å²) in [4.78, 5) is 43.3. The minimum atomic E-state index is -0.441. The zero-order valence-corrected chi connectivity index (χ0v) is 23.5. The third kappa shape index (κ3) is 5.34. The second-order valence-electron chi connectivity index (χ2n) is 10.4. The van der Waals surface area contributed by atoms with Crippen LogP contribution in [0.2, 0.25) is 0 Å². The van der Waals surface area contributed by atoms with Crippen molar-refractivity contribution >= 4 is 45.8 Å². The summed E-state index contributed by atoms with van der Waals surface area (Å²) in [5, 5.41) is 3.22. The standard InChI is InChI=1S/C31H32N8O3/c1-3-37(2)14-7-10-26(40)38-15-13-22(17-38)39-18-23(27-28(32)33-19-34-29(27)39)30(41)36-31-35-24-16-21(11-12-25(24)42-31)20-8-5-4-6-9-20/h4-12,16,18-19,22H,3,13-15,17H2,1-2H3,(H2,32,33,34)(H,35,36,41). The van der Waals surface area contributed by atoms with E-state index in [-0.39, 0.29) is 23.8 Å². The van der Waals surface area contributed by atoms with Gasteiger partial charge in [0.05, 0.1) is 17.0 Å². The van der Waals surface area contributed by atoms with Gasteiger partial charge in [-0.1, -0.05) is 49.4 Å². The Bertz CT molecular complexity index is 1790. The normalized spacial score (nSPS) is 15.4. The molecule has 3 N–H and O–H groups in total. The fourth-order valence-electron chi connectivity index (χ4n) is 5.25. The molecule has 42 heavy (non-hydrogen) atoms. The summed E-state index contributed by atoms with van der Waals surface area (Å²) in [5.41, 5.74) is 10.3. The summed E-state index contributed by atoms with van der Waals surface area (Å²) in [6.07, 6.45) is 7.34. The Kier molecular flexibility index (Phi) is 7.41. The van der Waals surface area contributed by atoms with E-state index in [9.17, 15) is 9.59 Å². The number of rotatable bonds is 8. The van der Waals surface area contributed by atoms with E-state index in [1.807, 2.05) is 71.1 Å². The number of oxazole rings is 1. The maximum absolute atomic E-state index is 13.5. The Morgan fingerprint density at radius 3 is 2.81 bits per heavy atom. The topological polar surface area (TPSA) is 135 Å². The van der Waals surface area contributed by atoms with Crippen molar-refractivity contribution in [3.63, 3.8) is 0 Å². The highest BCUT2D eigenvalue weighted by Gasteiger charge is 2.30. The molecular weight excluding hydrogens is 532 g/mol. The van der Waals surface area contributed by atoms with E-state index < -0.39 is 5.91 Å². The zero-order chi connectivity index (χ0) is 29.2. The monoisotopic (exact) mass is 564 g/mol. The SMILES string of the molecule is CCN(C)CC=CC(=O)N1CCC(n2cc(C(=O)Nc3nc4cc(-c5ccccc5)ccc4o3)c3c(N)ncnc32)C1. The number of amides is 2.